The summed E-state index contributed by atoms with van der Waals surface area (Å²) >= 11 is 0. The number of nitrogens with one attached hydrogen (secondary N) is 1. The lowest BCUT2D eigenvalue weighted by atomic mass is 9.94. The highest BCUT2D eigenvalue weighted by atomic mass is 16.5. The van der Waals surface area contributed by atoms with Crippen molar-refractivity contribution in [3.63, 3.8) is 0 Å². The summed E-state index contributed by atoms with van der Waals surface area (Å²) in [5.41, 5.74) is 4.45. The average Bonchev–Trinajstić information content (AvgIpc) is 3.25. The Hall–Kier alpha value is -3.75. The highest BCUT2D eigenvalue weighted by molar-refractivity contribution is 6.14. The molecule has 1 aliphatic rings. The molecule has 0 radical (unpaired) electrons. The van der Waals surface area contributed by atoms with Crippen molar-refractivity contribution in [1.82, 2.24) is 30.5 Å². The number of nitrogens with zero attached hydrogens (tertiary/aromatic N) is 6. The van der Waals surface area contributed by atoms with Crippen molar-refractivity contribution in [1.29, 1.82) is 0 Å². The molecule has 0 saturated heterocycles. The quantitative estimate of drug-likeness (QED) is 0.737. The SMILES string of the molecule is CNC(=O)N1N=C(c2ccc(-n3cnnn3)cc2)c2cc(OC)ccc2C[C@@H]1C. The number of hydrogen-bond acceptors (Lipinski definition) is 6. The fourth-order valence-electron chi connectivity index (χ4n) is 3.37. The fourth-order valence-corrected chi connectivity index (χ4v) is 3.37. The largest absolute Gasteiger partial charge is 0.497 e. The van der Waals surface area contributed by atoms with E-state index in [9.17, 15) is 4.79 Å². The average molecular weight is 391 g/mol. The van der Waals surface area contributed by atoms with Crippen molar-refractivity contribution in [3.8, 4) is 11.4 Å². The summed E-state index contributed by atoms with van der Waals surface area (Å²) in [6, 6.07) is 13.3. The van der Waals surface area contributed by atoms with E-state index in [0.29, 0.717) is 12.1 Å². The molecule has 29 heavy (non-hydrogen) atoms. The van der Waals surface area contributed by atoms with Gasteiger partial charge in [0.1, 0.15) is 12.1 Å². The first-order valence-electron chi connectivity index (χ1n) is 9.21. The van der Waals surface area contributed by atoms with Gasteiger partial charge < -0.3 is 10.1 Å². The van der Waals surface area contributed by atoms with Crippen molar-refractivity contribution in [2.24, 2.45) is 5.10 Å². The second kappa shape index (κ2) is 7.70. The van der Waals surface area contributed by atoms with Crippen molar-refractivity contribution in [3.05, 3.63) is 65.5 Å². The summed E-state index contributed by atoms with van der Waals surface area (Å²) in [5, 5.41) is 20.1. The molecular weight excluding hydrogens is 370 g/mol. The molecule has 4 rings (SSSR count). The van der Waals surface area contributed by atoms with E-state index in [0.717, 1.165) is 28.1 Å². The lowest BCUT2D eigenvalue weighted by Crippen LogP contribution is -2.41. The summed E-state index contributed by atoms with van der Waals surface area (Å²) in [6.45, 7) is 1.98. The summed E-state index contributed by atoms with van der Waals surface area (Å²) in [5.74, 6) is 0.739. The van der Waals surface area contributed by atoms with Gasteiger partial charge >= 0.3 is 6.03 Å². The van der Waals surface area contributed by atoms with Crippen LogP contribution in [0.15, 0.2) is 53.9 Å². The van der Waals surface area contributed by atoms with Gasteiger partial charge in [0.15, 0.2) is 0 Å². The topological polar surface area (TPSA) is 97.5 Å². The zero-order chi connectivity index (χ0) is 20.4. The number of aromatic nitrogens is 4. The van der Waals surface area contributed by atoms with Gasteiger partial charge in [-0.3, -0.25) is 0 Å². The second-order valence-electron chi connectivity index (χ2n) is 6.73. The first-order chi connectivity index (χ1) is 14.1. The van der Waals surface area contributed by atoms with Gasteiger partial charge in [0.25, 0.3) is 0 Å². The Labute approximate surface area is 168 Å². The number of hydrogen-bond donors (Lipinski definition) is 1. The van der Waals surface area contributed by atoms with E-state index in [1.54, 1.807) is 18.8 Å². The number of amides is 2. The van der Waals surface area contributed by atoms with Crippen LogP contribution in [0.1, 0.15) is 23.6 Å². The lowest BCUT2D eigenvalue weighted by Gasteiger charge is -2.22. The highest BCUT2D eigenvalue weighted by Gasteiger charge is 2.27. The minimum atomic E-state index is -0.250. The Bertz CT molecular complexity index is 1050. The van der Waals surface area contributed by atoms with Crippen LogP contribution in [0.5, 0.6) is 5.75 Å². The predicted octanol–water partition coefficient (Wildman–Crippen LogP) is 2.01. The van der Waals surface area contributed by atoms with E-state index < -0.39 is 0 Å². The molecule has 0 unspecified atom stereocenters. The van der Waals surface area contributed by atoms with E-state index >= 15 is 0 Å². The number of methoxy groups -OCH3 is 1. The third-order valence-corrected chi connectivity index (χ3v) is 4.89. The normalized spacial score (nSPS) is 15.9. The molecule has 0 saturated carbocycles. The van der Waals surface area contributed by atoms with Crippen LogP contribution in [-0.2, 0) is 6.42 Å². The summed E-state index contributed by atoms with van der Waals surface area (Å²) in [6.07, 6.45) is 2.22. The molecule has 1 aliphatic heterocycles. The Balaban J connectivity index is 1.84. The Kier molecular flexibility index (Phi) is 4.94. The van der Waals surface area contributed by atoms with Gasteiger partial charge in [-0.25, -0.2) is 14.5 Å². The van der Waals surface area contributed by atoms with Crippen molar-refractivity contribution in [2.45, 2.75) is 19.4 Å². The molecule has 0 spiro atoms. The minimum absolute atomic E-state index is 0.0971. The Morgan fingerprint density at radius 3 is 2.66 bits per heavy atom. The molecule has 9 heteroatoms. The van der Waals surface area contributed by atoms with Crippen LogP contribution in [0.3, 0.4) is 0 Å². The first-order valence-corrected chi connectivity index (χ1v) is 9.21. The molecular formula is C20H21N7O2. The van der Waals surface area contributed by atoms with Crippen LogP contribution >= 0.6 is 0 Å². The number of carbonyl (C=O) groups is 1. The maximum atomic E-state index is 12.4. The van der Waals surface area contributed by atoms with Crippen LogP contribution in [-0.4, -0.2) is 57.2 Å². The number of rotatable bonds is 3. The van der Waals surface area contributed by atoms with E-state index in [4.69, 9.17) is 9.84 Å². The molecule has 9 nitrogen and oxygen atoms in total. The maximum Gasteiger partial charge on any atom is 0.337 e. The van der Waals surface area contributed by atoms with Gasteiger partial charge in [-0.15, -0.1) is 5.10 Å². The van der Waals surface area contributed by atoms with E-state index in [1.807, 2.05) is 49.4 Å². The van der Waals surface area contributed by atoms with Crippen LogP contribution < -0.4 is 10.1 Å². The first kappa shape index (κ1) is 18.6. The third kappa shape index (κ3) is 3.54. The minimum Gasteiger partial charge on any atom is -0.497 e. The molecule has 1 atom stereocenters. The number of tetrazole rings is 1. The molecule has 2 amide bonds. The maximum absolute atomic E-state index is 12.4. The second-order valence-corrected chi connectivity index (χ2v) is 6.73. The standard InChI is InChI=1S/C20H21N7O2/c1-13-10-15-6-9-17(29-3)11-18(15)19(23-27(13)20(28)21-2)14-4-7-16(8-5-14)26-12-22-24-25-26/h4-9,11-13H,10H2,1-3H3,(H,21,28)/t13-/m0/s1. The molecule has 0 bridgehead atoms. The van der Waals surface area contributed by atoms with Crippen LogP contribution in [0.25, 0.3) is 5.69 Å². The van der Waals surface area contributed by atoms with Gasteiger partial charge in [-0.1, -0.05) is 18.2 Å². The molecule has 2 aromatic carbocycles. The number of ether oxygens (including phenoxy) is 1. The molecule has 0 aliphatic carbocycles. The molecule has 0 fully saturated rings. The van der Waals surface area contributed by atoms with Crippen LogP contribution in [0.2, 0.25) is 0 Å². The number of hydrazone groups is 1. The van der Waals surface area contributed by atoms with E-state index in [2.05, 4.69) is 20.8 Å². The number of benzene rings is 2. The van der Waals surface area contributed by atoms with Crippen LogP contribution in [0, 0.1) is 0 Å². The lowest BCUT2D eigenvalue weighted by molar-refractivity contribution is 0.184. The number of urea groups is 1. The molecule has 3 aromatic rings. The number of carbonyl (C=O) groups excluding carboxylic acids is 1. The van der Waals surface area contributed by atoms with Crippen LogP contribution in [0.4, 0.5) is 4.79 Å². The van der Waals surface area contributed by atoms with Gasteiger partial charge in [0.05, 0.1) is 24.6 Å². The Morgan fingerprint density at radius 1 is 1.21 bits per heavy atom. The molecule has 1 N–H and O–H groups in total. The van der Waals surface area contributed by atoms with E-state index in [-0.39, 0.29) is 12.1 Å². The monoisotopic (exact) mass is 391 g/mol. The predicted molar refractivity (Wildman–Crippen MR) is 107 cm³/mol. The Morgan fingerprint density at radius 2 is 2.00 bits per heavy atom. The molecule has 148 valence electrons. The summed E-state index contributed by atoms with van der Waals surface area (Å²) < 4.78 is 7.00. The summed E-state index contributed by atoms with van der Waals surface area (Å²) in [4.78, 5) is 12.4. The van der Waals surface area contributed by atoms with Gasteiger partial charge in [0.2, 0.25) is 0 Å². The number of fused-ring (bicyclic) bond motifs is 1. The van der Waals surface area contributed by atoms with Gasteiger partial charge in [-0.2, -0.15) is 5.10 Å². The van der Waals surface area contributed by atoms with E-state index in [1.165, 1.54) is 11.3 Å². The highest BCUT2D eigenvalue weighted by Crippen LogP contribution is 2.27. The van der Waals surface area contributed by atoms with Crippen molar-refractivity contribution < 1.29 is 9.53 Å². The zero-order valence-electron chi connectivity index (χ0n) is 16.4. The summed E-state index contributed by atoms with van der Waals surface area (Å²) in [7, 11) is 3.24. The zero-order valence-corrected chi connectivity index (χ0v) is 16.4. The van der Waals surface area contributed by atoms with Gasteiger partial charge in [0, 0.05) is 18.2 Å². The molecule has 2 heterocycles. The van der Waals surface area contributed by atoms with Crippen molar-refractivity contribution in [2.75, 3.05) is 14.2 Å². The van der Waals surface area contributed by atoms with Crippen molar-refractivity contribution >= 4 is 11.7 Å². The molecule has 1 aromatic heterocycles. The van der Waals surface area contributed by atoms with Gasteiger partial charge in [-0.05, 0) is 53.6 Å². The smallest absolute Gasteiger partial charge is 0.337 e. The fraction of sp³-hybridized carbons (Fsp3) is 0.250. The third-order valence-electron chi connectivity index (χ3n) is 4.89.